The highest BCUT2D eigenvalue weighted by Crippen LogP contribution is 2.26. The zero-order valence-corrected chi connectivity index (χ0v) is 17.5. The lowest BCUT2D eigenvalue weighted by atomic mass is 9.99. The van der Waals surface area contributed by atoms with Crippen molar-refractivity contribution < 1.29 is 18.8 Å². The van der Waals surface area contributed by atoms with Crippen LogP contribution in [0.1, 0.15) is 37.8 Å². The van der Waals surface area contributed by atoms with Crippen molar-refractivity contribution in [1.29, 1.82) is 0 Å². The Morgan fingerprint density at radius 1 is 1.13 bits per heavy atom. The summed E-state index contributed by atoms with van der Waals surface area (Å²) >= 11 is 0. The smallest absolute Gasteiger partial charge is 0.249 e. The van der Waals surface area contributed by atoms with E-state index in [0.717, 1.165) is 23.3 Å². The Balaban J connectivity index is 1.63. The van der Waals surface area contributed by atoms with Gasteiger partial charge in [-0.05, 0) is 35.7 Å². The second-order valence-electron chi connectivity index (χ2n) is 7.09. The van der Waals surface area contributed by atoms with Gasteiger partial charge in [-0.25, -0.2) is 0 Å². The third kappa shape index (κ3) is 5.67. The molecule has 1 heterocycles. The molecule has 0 radical (unpaired) electrons. The lowest BCUT2D eigenvalue weighted by Gasteiger charge is -2.20. The maximum absolute atomic E-state index is 12.4. The van der Waals surface area contributed by atoms with Gasteiger partial charge in [0.05, 0.1) is 13.7 Å². The monoisotopic (exact) mass is 409 g/mol. The van der Waals surface area contributed by atoms with Gasteiger partial charge in [-0.2, -0.15) is 4.98 Å². The molecule has 0 spiro atoms. The molecule has 0 bridgehead atoms. The summed E-state index contributed by atoms with van der Waals surface area (Å²) in [6.45, 7) is 4.43. The fraction of sp³-hybridized carbons (Fsp3) is 0.348. The second-order valence-corrected chi connectivity index (χ2v) is 7.09. The fourth-order valence-electron chi connectivity index (χ4n) is 2.95. The maximum atomic E-state index is 12.4. The summed E-state index contributed by atoms with van der Waals surface area (Å²) in [4.78, 5) is 17.0. The highest BCUT2D eigenvalue weighted by atomic mass is 16.5. The Morgan fingerprint density at radius 2 is 1.87 bits per heavy atom. The number of benzene rings is 2. The molecule has 1 N–H and O–H groups in total. The molecule has 3 aromatic rings. The molecule has 2 aromatic carbocycles. The average Bonchev–Trinajstić information content (AvgIpc) is 3.27. The molecular weight excluding hydrogens is 382 g/mol. The van der Waals surface area contributed by atoms with E-state index in [-0.39, 0.29) is 24.5 Å². The van der Waals surface area contributed by atoms with Gasteiger partial charge in [0.15, 0.2) is 0 Å². The summed E-state index contributed by atoms with van der Waals surface area (Å²) in [5, 5.41) is 7.05. The highest BCUT2D eigenvalue weighted by Gasteiger charge is 2.26. The average molecular weight is 409 g/mol. The standard InChI is InChI=1S/C23H27N3O4/c1-4-16(2)21(24-20(27)15-29-14-17-8-6-5-7-9-17)23-25-22(26-30-23)18-10-12-19(28-3)13-11-18/h5-13,16,21H,4,14-15H2,1-3H3,(H,24,27)/t16-,21-/m1/s1. The molecule has 7 nitrogen and oxygen atoms in total. The number of nitrogens with one attached hydrogen (secondary N) is 1. The summed E-state index contributed by atoms with van der Waals surface area (Å²) in [7, 11) is 1.62. The van der Waals surface area contributed by atoms with Gasteiger partial charge >= 0.3 is 0 Å². The van der Waals surface area contributed by atoms with Crippen molar-refractivity contribution in [3.8, 4) is 17.1 Å². The minimum absolute atomic E-state index is 0.0404. The van der Waals surface area contributed by atoms with Crippen LogP contribution in [0.2, 0.25) is 0 Å². The number of carbonyl (C=O) groups is 1. The number of carbonyl (C=O) groups excluding carboxylic acids is 1. The number of methoxy groups -OCH3 is 1. The first kappa shape index (κ1) is 21.5. The number of hydrogen-bond donors (Lipinski definition) is 1. The van der Waals surface area contributed by atoms with Crippen LogP contribution in [0.4, 0.5) is 0 Å². The molecule has 0 aliphatic rings. The van der Waals surface area contributed by atoms with E-state index >= 15 is 0 Å². The van der Waals surface area contributed by atoms with Crippen LogP contribution in [-0.4, -0.2) is 29.8 Å². The lowest BCUT2D eigenvalue weighted by molar-refractivity contribution is -0.127. The summed E-state index contributed by atoms with van der Waals surface area (Å²) in [5.41, 5.74) is 1.83. The van der Waals surface area contributed by atoms with E-state index in [0.29, 0.717) is 18.3 Å². The SMILES string of the molecule is CC[C@@H](C)[C@@H](NC(=O)COCc1ccccc1)c1nc(-c2ccc(OC)cc2)no1. The van der Waals surface area contributed by atoms with Crippen LogP contribution in [-0.2, 0) is 16.1 Å². The number of rotatable bonds is 10. The Bertz CT molecular complexity index is 925. The minimum Gasteiger partial charge on any atom is -0.497 e. The van der Waals surface area contributed by atoms with E-state index < -0.39 is 0 Å². The van der Waals surface area contributed by atoms with Crippen molar-refractivity contribution in [2.45, 2.75) is 32.9 Å². The van der Waals surface area contributed by atoms with E-state index in [1.54, 1.807) is 7.11 Å². The molecule has 0 saturated heterocycles. The molecule has 158 valence electrons. The third-order valence-corrected chi connectivity index (χ3v) is 4.93. The molecule has 0 unspecified atom stereocenters. The quantitative estimate of drug-likeness (QED) is 0.541. The maximum Gasteiger partial charge on any atom is 0.249 e. The number of nitrogens with zero attached hydrogens (tertiary/aromatic N) is 2. The number of ether oxygens (including phenoxy) is 2. The van der Waals surface area contributed by atoms with Crippen molar-refractivity contribution >= 4 is 5.91 Å². The number of hydrogen-bond acceptors (Lipinski definition) is 6. The molecule has 2 atom stereocenters. The van der Waals surface area contributed by atoms with E-state index in [9.17, 15) is 4.79 Å². The van der Waals surface area contributed by atoms with Crippen molar-refractivity contribution in [2.24, 2.45) is 5.92 Å². The summed E-state index contributed by atoms with van der Waals surface area (Å²) in [6.07, 6.45) is 0.843. The minimum atomic E-state index is -0.387. The third-order valence-electron chi connectivity index (χ3n) is 4.93. The van der Waals surface area contributed by atoms with E-state index in [4.69, 9.17) is 14.0 Å². The van der Waals surface area contributed by atoms with Crippen molar-refractivity contribution in [2.75, 3.05) is 13.7 Å². The van der Waals surface area contributed by atoms with Crippen molar-refractivity contribution in [3.05, 3.63) is 66.1 Å². The molecule has 1 aromatic heterocycles. The predicted octanol–water partition coefficient (Wildman–Crippen LogP) is 4.17. The summed E-state index contributed by atoms with van der Waals surface area (Å²) < 4.78 is 16.2. The molecule has 0 aliphatic heterocycles. The van der Waals surface area contributed by atoms with Gasteiger partial charge in [0.25, 0.3) is 0 Å². The Kier molecular flexibility index (Phi) is 7.57. The molecule has 0 saturated carbocycles. The zero-order valence-electron chi connectivity index (χ0n) is 17.5. The Labute approximate surface area is 176 Å². The first-order valence-corrected chi connectivity index (χ1v) is 9.99. The van der Waals surface area contributed by atoms with Gasteiger partial charge in [-0.15, -0.1) is 0 Å². The first-order chi connectivity index (χ1) is 14.6. The van der Waals surface area contributed by atoms with Gasteiger partial charge in [0.2, 0.25) is 17.6 Å². The molecule has 0 fully saturated rings. The molecule has 3 rings (SSSR count). The van der Waals surface area contributed by atoms with Crippen LogP contribution >= 0.6 is 0 Å². The summed E-state index contributed by atoms with van der Waals surface area (Å²) in [6, 6.07) is 16.7. The Morgan fingerprint density at radius 3 is 2.53 bits per heavy atom. The Hall–Kier alpha value is -3.19. The number of aromatic nitrogens is 2. The van der Waals surface area contributed by atoms with Crippen LogP contribution in [0.3, 0.4) is 0 Å². The lowest BCUT2D eigenvalue weighted by Crippen LogP contribution is -2.35. The summed E-state index contributed by atoms with van der Waals surface area (Å²) in [5.74, 6) is 1.50. The van der Waals surface area contributed by atoms with E-state index in [1.807, 2.05) is 61.5 Å². The van der Waals surface area contributed by atoms with Gasteiger partial charge in [0.1, 0.15) is 18.4 Å². The van der Waals surface area contributed by atoms with Crippen LogP contribution in [0.25, 0.3) is 11.4 Å². The largest absolute Gasteiger partial charge is 0.497 e. The van der Waals surface area contributed by atoms with Gasteiger partial charge in [-0.1, -0.05) is 55.8 Å². The first-order valence-electron chi connectivity index (χ1n) is 9.99. The van der Waals surface area contributed by atoms with Crippen LogP contribution in [0, 0.1) is 5.92 Å². The molecule has 0 aliphatic carbocycles. The van der Waals surface area contributed by atoms with Crippen molar-refractivity contribution in [1.82, 2.24) is 15.5 Å². The van der Waals surface area contributed by atoms with Crippen LogP contribution in [0.5, 0.6) is 5.75 Å². The molecular formula is C23H27N3O4. The topological polar surface area (TPSA) is 86.5 Å². The van der Waals surface area contributed by atoms with Gasteiger partial charge in [-0.3, -0.25) is 4.79 Å². The zero-order chi connectivity index (χ0) is 21.3. The van der Waals surface area contributed by atoms with Crippen molar-refractivity contribution in [3.63, 3.8) is 0 Å². The predicted molar refractivity (Wildman–Crippen MR) is 113 cm³/mol. The van der Waals surface area contributed by atoms with E-state index in [2.05, 4.69) is 22.4 Å². The van der Waals surface area contributed by atoms with Gasteiger partial charge in [0, 0.05) is 5.56 Å². The van der Waals surface area contributed by atoms with Crippen LogP contribution in [0.15, 0.2) is 59.1 Å². The highest BCUT2D eigenvalue weighted by molar-refractivity contribution is 5.77. The second kappa shape index (κ2) is 10.5. The molecule has 1 amide bonds. The van der Waals surface area contributed by atoms with E-state index in [1.165, 1.54) is 0 Å². The normalized spacial score (nSPS) is 12.9. The number of amides is 1. The van der Waals surface area contributed by atoms with Crippen LogP contribution < -0.4 is 10.1 Å². The molecule has 7 heteroatoms. The molecule has 30 heavy (non-hydrogen) atoms. The fourth-order valence-corrected chi connectivity index (χ4v) is 2.95. The van der Waals surface area contributed by atoms with Gasteiger partial charge < -0.3 is 19.3 Å².